The smallest absolute Gasteiger partial charge is 0.385 e. The Morgan fingerprint density at radius 1 is 0.946 bits per heavy atom. The number of aromatic nitrogens is 3. The molecule has 1 atom stereocenters. The topological polar surface area (TPSA) is 86.5 Å². The maximum absolute atomic E-state index is 13.0. The Bertz CT molecular complexity index is 1600. The molecule has 192 valence electrons. The van der Waals surface area contributed by atoms with E-state index in [1.807, 2.05) is 17.7 Å². The van der Waals surface area contributed by atoms with Crippen molar-refractivity contribution >= 4 is 33.1 Å². The van der Waals surface area contributed by atoms with Gasteiger partial charge in [-0.2, -0.15) is 24.5 Å². The molecule has 4 aromatic rings. The zero-order valence-corrected chi connectivity index (χ0v) is 22.4. The standard InChI is InChI=1S/C27H28N4O4S2/c1-18-3-4-20-13-21-5-7-25-27(19(21)2)28-29-31(25)9-11-36-12-10-34-24-6-8-26-23(15-24)17-30(16-22(18)14-20)37(32,33)35-26/h3-8,14-15H,9-13,16-17H2,1-2H3. The van der Waals surface area contributed by atoms with Crippen LogP contribution in [0.4, 0.5) is 0 Å². The lowest BCUT2D eigenvalue weighted by atomic mass is 9.96. The van der Waals surface area contributed by atoms with Gasteiger partial charge in [0.25, 0.3) is 0 Å². The summed E-state index contributed by atoms with van der Waals surface area (Å²) in [7, 11) is -3.91. The van der Waals surface area contributed by atoms with E-state index in [0.717, 1.165) is 63.3 Å². The number of rotatable bonds is 0. The molecular formula is C27H28N4O4S2. The van der Waals surface area contributed by atoms with Crippen molar-refractivity contribution in [3.05, 3.63) is 81.9 Å². The summed E-state index contributed by atoms with van der Waals surface area (Å²) in [6, 6.07) is 15.8. The maximum Gasteiger partial charge on any atom is 0.385 e. The van der Waals surface area contributed by atoms with Crippen LogP contribution in [0, 0.1) is 13.8 Å². The minimum Gasteiger partial charge on any atom is -0.493 e. The Morgan fingerprint density at radius 2 is 1.81 bits per heavy atom. The fraction of sp³-hybridized carbons (Fsp3) is 0.333. The second-order valence-electron chi connectivity index (χ2n) is 9.51. The van der Waals surface area contributed by atoms with Crippen LogP contribution in [0.3, 0.4) is 0 Å². The third-order valence-corrected chi connectivity index (χ3v) is 9.25. The second-order valence-corrected chi connectivity index (χ2v) is 12.3. The molecule has 0 saturated carbocycles. The lowest BCUT2D eigenvalue weighted by Gasteiger charge is -2.28. The normalized spacial score (nSPS) is 19.4. The van der Waals surface area contributed by atoms with Gasteiger partial charge in [-0.25, -0.2) is 4.68 Å². The monoisotopic (exact) mass is 536 g/mol. The summed E-state index contributed by atoms with van der Waals surface area (Å²) < 4.78 is 40.7. The molecule has 0 radical (unpaired) electrons. The molecule has 0 saturated heterocycles. The molecule has 8 nitrogen and oxygen atoms in total. The highest BCUT2D eigenvalue weighted by Gasteiger charge is 2.32. The van der Waals surface area contributed by atoms with Crippen molar-refractivity contribution in [1.29, 1.82) is 0 Å². The quantitative estimate of drug-likeness (QED) is 0.329. The molecule has 9 bridgehead atoms. The molecule has 3 aromatic carbocycles. The van der Waals surface area contributed by atoms with Crippen LogP contribution in [0.2, 0.25) is 0 Å². The molecule has 0 N–H and O–H groups in total. The number of aryl methyl sites for hydroxylation is 3. The molecule has 0 aliphatic carbocycles. The highest BCUT2D eigenvalue weighted by Crippen LogP contribution is 2.33. The molecule has 0 amide bonds. The van der Waals surface area contributed by atoms with Crippen molar-refractivity contribution in [3.63, 3.8) is 0 Å². The zero-order chi connectivity index (χ0) is 25.6. The lowest BCUT2D eigenvalue weighted by molar-refractivity contribution is 0.316. The van der Waals surface area contributed by atoms with Gasteiger partial charge >= 0.3 is 10.3 Å². The number of hydrogen-bond acceptors (Lipinski definition) is 7. The predicted octanol–water partition coefficient (Wildman–Crippen LogP) is 4.40. The molecule has 1 aromatic heterocycles. The van der Waals surface area contributed by atoms with Crippen molar-refractivity contribution in [2.24, 2.45) is 0 Å². The largest absolute Gasteiger partial charge is 0.493 e. The third kappa shape index (κ3) is 4.81. The number of nitrogens with zero attached hydrogens (tertiary/aromatic N) is 4. The Hall–Kier alpha value is -3.08. The highest BCUT2D eigenvalue weighted by molar-refractivity contribution is 7.99. The predicted molar refractivity (Wildman–Crippen MR) is 144 cm³/mol. The summed E-state index contributed by atoms with van der Waals surface area (Å²) in [5.41, 5.74) is 8.17. The van der Waals surface area contributed by atoms with Crippen LogP contribution in [0.5, 0.6) is 11.5 Å². The fourth-order valence-corrected chi connectivity index (χ4v) is 6.67. The first-order chi connectivity index (χ1) is 17.9. The Kier molecular flexibility index (Phi) is 6.34. The van der Waals surface area contributed by atoms with Crippen molar-refractivity contribution in [3.8, 4) is 11.5 Å². The molecular weight excluding hydrogens is 508 g/mol. The Morgan fingerprint density at radius 3 is 2.70 bits per heavy atom. The highest BCUT2D eigenvalue weighted by atomic mass is 32.2. The number of thioether (sulfide) groups is 1. The summed E-state index contributed by atoms with van der Waals surface area (Å²) in [5.74, 6) is 2.80. The van der Waals surface area contributed by atoms with Crippen LogP contribution < -0.4 is 8.92 Å². The first-order valence-electron chi connectivity index (χ1n) is 12.3. The van der Waals surface area contributed by atoms with E-state index < -0.39 is 10.3 Å². The number of fused-ring (bicyclic) bond motifs is 6. The van der Waals surface area contributed by atoms with Gasteiger partial charge in [0.05, 0.1) is 18.7 Å². The van der Waals surface area contributed by atoms with Gasteiger partial charge in [0.15, 0.2) is 0 Å². The molecule has 0 spiro atoms. The molecule has 37 heavy (non-hydrogen) atoms. The van der Waals surface area contributed by atoms with Crippen LogP contribution in [0.25, 0.3) is 11.0 Å². The minimum absolute atomic E-state index is 0.232. The summed E-state index contributed by atoms with van der Waals surface area (Å²) in [5, 5.41) is 8.89. The van der Waals surface area contributed by atoms with Gasteiger partial charge in [-0.1, -0.05) is 29.5 Å². The minimum atomic E-state index is -3.91. The molecule has 0 fully saturated rings. The van der Waals surface area contributed by atoms with Crippen molar-refractivity contribution in [2.45, 2.75) is 39.9 Å². The van der Waals surface area contributed by atoms with Gasteiger partial charge in [-0.15, -0.1) is 5.10 Å². The van der Waals surface area contributed by atoms with E-state index in [4.69, 9.17) is 8.92 Å². The Labute approximate surface area is 220 Å². The van der Waals surface area contributed by atoms with Crippen LogP contribution >= 0.6 is 11.8 Å². The van der Waals surface area contributed by atoms with Gasteiger partial charge in [0.2, 0.25) is 0 Å². The van der Waals surface area contributed by atoms with Gasteiger partial charge in [0, 0.05) is 30.2 Å². The fourth-order valence-electron chi connectivity index (χ4n) is 4.87. The second kappa shape index (κ2) is 9.66. The van der Waals surface area contributed by atoms with Gasteiger partial charge in [0.1, 0.15) is 17.0 Å². The van der Waals surface area contributed by atoms with Crippen LogP contribution in [0.15, 0.2) is 48.5 Å². The SMILES string of the molecule is Cc1ccc2cc1CN1Cc3cc(ccc3OS1(=O)=O)OCCSCCn1nnc3c(C)c(ccc31)C2. The van der Waals surface area contributed by atoms with Crippen LogP contribution in [0.1, 0.15) is 33.4 Å². The van der Waals surface area contributed by atoms with E-state index in [1.54, 1.807) is 23.9 Å². The molecule has 1 unspecified atom stereocenters. The number of benzene rings is 3. The summed E-state index contributed by atoms with van der Waals surface area (Å²) in [6.45, 7) is 5.90. The molecule has 3 aliphatic heterocycles. The molecule has 10 heteroatoms. The molecule has 7 rings (SSSR count). The van der Waals surface area contributed by atoms with E-state index in [9.17, 15) is 8.42 Å². The van der Waals surface area contributed by atoms with Crippen LogP contribution in [-0.2, 0) is 36.4 Å². The average Bonchev–Trinajstić information content (AvgIpc) is 3.28. The first kappa shape index (κ1) is 24.3. The van der Waals surface area contributed by atoms with Gasteiger partial charge < -0.3 is 8.92 Å². The average molecular weight is 537 g/mol. The van der Waals surface area contributed by atoms with Crippen molar-refractivity contribution in [2.75, 3.05) is 18.1 Å². The third-order valence-electron chi connectivity index (χ3n) is 7.04. The van der Waals surface area contributed by atoms with E-state index in [-0.39, 0.29) is 13.1 Å². The summed E-state index contributed by atoms with van der Waals surface area (Å²) >= 11 is 1.80. The first-order valence-corrected chi connectivity index (χ1v) is 14.8. The zero-order valence-electron chi connectivity index (χ0n) is 20.8. The van der Waals surface area contributed by atoms with Gasteiger partial charge in [-0.3, -0.25) is 0 Å². The van der Waals surface area contributed by atoms with E-state index >= 15 is 0 Å². The van der Waals surface area contributed by atoms with E-state index in [0.29, 0.717) is 18.1 Å². The number of hydrogen-bond donors (Lipinski definition) is 0. The van der Waals surface area contributed by atoms with Crippen molar-refractivity contribution in [1.82, 2.24) is 19.3 Å². The molecule has 4 heterocycles. The summed E-state index contributed by atoms with van der Waals surface area (Å²) in [4.78, 5) is 0. The van der Waals surface area contributed by atoms with Crippen molar-refractivity contribution < 1.29 is 17.3 Å². The summed E-state index contributed by atoms with van der Waals surface area (Å²) in [6.07, 6.45) is 0.727. The number of ether oxygens (including phenoxy) is 1. The molecule has 3 aliphatic rings. The Balaban J connectivity index is 1.38. The maximum atomic E-state index is 13.0. The lowest BCUT2D eigenvalue weighted by Crippen LogP contribution is -2.37. The van der Waals surface area contributed by atoms with E-state index in [1.165, 1.54) is 9.87 Å². The van der Waals surface area contributed by atoms with Gasteiger partial charge in [-0.05, 0) is 72.4 Å². The van der Waals surface area contributed by atoms with Crippen LogP contribution in [-0.4, -0.2) is 45.8 Å². The van der Waals surface area contributed by atoms with E-state index in [2.05, 4.69) is 47.6 Å².